The molecular formula is C13H16BBrF2O2. The molecule has 0 spiro atoms. The maximum Gasteiger partial charge on any atom is 0.500 e. The third-order valence-corrected chi connectivity index (χ3v) is 4.44. The molecule has 104 valence electrons. The van der Waals surface area contributed by atoms with Crippen molar-refractivity contribution in [3.63, 3.8) is 0 Å². The first kappa shape index (κ1) is 14.9. The summed E-state index contributed by atoms with van der Waals surface area (Å²) < 4.78 is 39.9. The molecule has 1 aliphatic rings. The molecule has 1 aliphatic heterocycles. The molecule has 0 unspecified atom stereocenters. The minimum atomic E-state index is -1.04. The van der Waals surface area contributed by atoms with Crippen LogP contribution in [0.3, 0.4) is 0 Å². The summed E-state index contributed by atoms with van der Waals surface area (Å²) in [5, 5.41) is 0. The summed E-state index contributed by atoms with van der Waals surface area (Å²) in [5.74, 6) is -1.30. The summed E-state index contributed by atoms with van der Waals surface area (Å²) in [6, 6.07) is 1.40. The van der Waals surface area contributed by atoms with E-state index < -0.39 is 30.0 Å². The van der Waals surface area contributed by atoms with E-state index in [1.54, 1.807) is 6.92 Å². The SMILES string of the molecule is Cc1cc(Br)c(F)c(B2OC(C)(C)C(C)(C)O2)c1F. The van der Waals surface area contributed by atoms with E-state index in [4.69, 9.17) is 9.31 Å². The molecule has 19 heavy (non-hydrogen) atoms. The van der Waals surface area contributed by atoms with Gasteiger partial charge < -0.3 is 9.31 Å². The van der Waals surface area contributed by atoms with Crippen molar-refractivity contribution < 1.29 is 18.1 Å². The van der Waals surface area contributed by atoms with Crippen LogP contribution in [-0.2, 0) is 9.31 Å². The van der Waals surface area contributed by atoms with Gasteiger partial charge in [-0.1, -0.05) is 0 Å². The normalized spacial score (nSPS) is 20.9. The van der Waals surface area contributed by atoms with E-state index >= 15 is 0 Å². The van der Waals surface area contributed by atoms with Crippen LogP contribution >= 0.6 is 15.9 Å². The van der Waals surface area contributed by atoms with Gasteiger partial charge in [0.2, 0.25) is 0 Å². The Balaban J connectivity index is 2.51. The third-order valence-electron chi connectivity index (χ3n) is 3.86. The van der Waals surface area contributed by atoms with Gasteiger partial charge in [0.05, 0.1) is 21.1 Å². The van der Waals surface area contributed by atoms with Crippen molar-refractivity contribution in [2.75, 3.05) is 0 Å². The van der Waals surface area contributed by atoms with Crippen LogP contribution in [0.1, 0.15) is 33.3 Å². The maximum atomic E-state index is 14.2. The number of hydrogen-bond acceptors (Lipinski definition) is 2. The van der Waals surface area contributed by atoms with Gasteiger partial charge in [-0.05, 0) is 62.2 Å². The van der Waals surface area contributed by atoms with Crippen LogP contribution in [0.5, 0.6) is 0 Å². The lowest BCUT2D eigenvalue weighted by molar-refractivity contribution is 0.00578. The number of hydrogen-bond donors (Lipinski definition) is 0. The van der Waals surface area contributed by atoms with Gasteiger partial charge in [-0.25, -0.2) is 8.78 Å². The Morgan fingerprint density at radius 1 is 1.05 bits per heavy atom. The monoisotopic (exact) mass is 332 g/mol. The van der Waals surface area contributed by atoms with E-state index in [-0.39, 0.29) is 9.94 Å². The highest BCUT2D eigenvalue weighted by Gasteiger charge is 2.53. The second-order valence-corrected chi connectivity index (χ2v) is 6.66. The van der Waals surface area contributed by atoms with Crippen LogP contribution in [0.15, 0.2) is 10.5 Å². The highest BCUT2D eigenvalue weighted by molar-refractivity contribution is 9.10. The molecule has 2 nitrogen and oxygen atoms in total. The molecule has 1 saturated heterocycles. The fourth-order valence-corrected chi connectivity index (χ4v) is 2.48. The lowest BCUT2D eigenvalue weighted by Gasteiger charge is -2.32. The van der Waals surface area contributed by atoms with Crippen molar-refractivity contribution >= 4 is 28.5 Å². The first-order chi connectivity index (χ1) is 8.57. The van der Waals surface area contributed by atoms with E-state index in [9.17, 15) is 8.78 Å². The molecule has 0 bridgehead atoms. The van der Waals surface area contributed by atoms with Crippen LogP contribution in [0.4, 0.5) is 8.78 Å². The highest BCUT2D eigenvalue weighted by Crippen LogP contribution is 2.37. The van der Waals surface area contributed by atoms with Crippen LogP contribution < -0.4 is 5.46 Å². The molecule has 0 atom stereocenters. The minimum absolute atomic E-state index is 0.175. The number of benzene rings is 1. The highest BCUT2D eigenvalue weighted by atomic mass is 79.9. The average molecular weight is 333 g/mol. The largest absolute Gasteiger partial charge is 0.500 e. The molecule has 2 rings (SSSR count). The summed E-state index contributed by atoms with van der Waals surface area (Å²) >= 11 is 3.08. The fraction of sp³-hybridized carbons (Fsp3) is 0.538. The molecule has 0 aromatic heterocycles. The number of aryl methyl sites for hydroxylation is 1. The molecule has 1 aromatic carbocycles. The fourth-order valence-electron chi connectivity index (χ4n) is 1.92. The van der Waals surface area contributed by atoms with Crippen molar-refractivity contribution in [1.29, 1.82) is 0 Å². The van der Waals surface area contributed by atoms with Gasteiger partial charge in [0.15, 0.2) is 0 Å². The summed E-state index contributed by atoms with van der Waals surface area (Å²) in [6.45, 7) is 8.94. The van der Waals surface area contributed by atoms with E-state index in [0.717, 1.165) is 0 Å². The zero-order valence-electron chi connectivity index (χ0n) is 11.6. The van der Waals surface area contributed by atoms with Gasteiger partial charge in [-0.2, -0.15) is 0 Å². The smallest absolute Gasteiger partial charge is 0.399 e. The van der Waals surface area contributed by atoms with Crippen molar-refractivity contribution in [1.82, 2.24) is 0 Å². The Bertz CT molecular complexity index is 490. The van der Waals surface area contributed by atoms with Gasteiger partial charge in [-0.3, -0.25) is 0 Å². The average Bonchev–Trinajstić information content (AvgIpc) is 2.45. The molecule has 1 fully saturated rings. The van der Waals surface area contributed by atoms with Gasteiger partial charge in [-0.15, -0.1) is 0 Å². The Morgan fingerprint density at radius 3 is 2.00 bits per heavy atom. The molecule has 1 heterocycles. The van der Waals surface area contributed by atoms with E-state index in [1.807, 2.05) is 27.7 Å². The molecule has 6 heteroatoms. The first-order valence-electron chi connectivity index (χ1n) is 6.06. The van der Waals surface area contributed by atoms with Crippen LogP contribution in [0, 0.1) is 18.6 Å². The van der Waals surface area contributed by atoms with Crippen molar-refractivity contribution in [3.8, 4) is 0 Å². The Morgan fingerprint density at radius 2 is 1.53 bits per heavy atom. The van der Waals surface area contributed by atoms with Crippen molar-refractivity contribution in [3.05, 3.63) is 27.7 Å². The van der Waals surface area contributed by atoms with Crippen LogP contribution in [0.2, 0.25) is 0 Å². The molecule has 0 N–H and O–H groups in total. The first-order valence-corrected chi connectivity index (χ1v) is 6.86. The minimum Gasteiger partial charge on any atom is -0.399 e. The third kappa shape index (κ3) is 2.34. The second kappa shape index (κ2) is 4.53. The lowest BCUT2D eigenvalue weighted by Crippen LogP contribution is -2.41. The molecule has 0 amide bonds. The van der Waals surface area contributed by atoms with E-state index in [2.05, 4.69) is 15.9 Å². The Hall–Kier alpha value is -0.455. The molecule has 0 saturated carbocycles. The number of halogens is 3. The Kier molecular flexibility index (Phi) is 3.57. The second-order valence-electron chi connectivity index (χ2n) is 5.81. The van der Waals surface area contributed by atoms with Gasteiger partial charge >= 0.3 is 7.12 Å². The van der Waals surface area contributed by atoms with Gasteiger partial charge in [0.1, 0.15) is 11.6 Å². The Labute approximate surface area is 120 Å². The zero-order valence-corrected chi connectivity index (χ0v) is 13.2. The van der Waals surface area contributed by atoms with Gasteiger partial charge in [0, 0.05) is 0 Å². The van der Waals surface area contributed by atoms with E-state index in [0.29, 0.717) is 5.56 Å². The predicted molar refractivity (Wildman–Crippen MR) is 74.5 cm³/mol. The summed E-state index contributed by atoms with van der Waals surface area (Å²) in [5.41, 5.74) is -1.09. The number of rotatable bonds is 1. The van der Waals surface area contributed by atoms with Crippen LogP contribution in [-0.4, -0.2) is 18.3 Å². The molecule has 0 aliphatic carbocycles. The van der Waals surface area contributed by atoms with Gasteiger partial charge in [0.25, 0.3) is 0 Å². The molecule has 1 aromatic rings. The topological polar surface area (TPSA) is 18.5 Å². The lowest BCUT2D eigenvalue weighted by atomic mass is 9.77. The zero-order chi connectivity index (χ0) is 14.6. The summed E-state index contributed by atoms with van der Waals surface area (Å²) in [4.78, 5) is 0. The van der Waals surface area contributed by atoms with Crippen molar-refractivity contribution in [2.24, 2.45) is 0 Å². The predicted octanol–water partition coefficient (Wildman–Crippen LogP) is 3.33. The van der Waals surface area contributed by atoms with Crippen LogP contribution in [0.25, 0.3) is 0 Å². The summed E-state index contributed by atoms with van der Waals surface area (Å²) in [6.07, 6.45) is 0. The maximum absolute atomic E-state index is 14.2. The summed E-state index contributed by atoms with van der Waals surface area (Å²) in [7, 11) is -1.04. The molecule has 0 radical (unpaired) electrons. The quantitative estimate of drug-likeness (QED) is 0.580. The standard InChI is InChI=1S/C13H16BBrF2O2/c1-7-6-8(15)11(17)9(10(7)16)14-18-12(2,3)13(4,5)19-14/h6H,1-5H3. The molecular weight excluding hydrogens is 317 g/mol. The van der Waals surface area contributed by atoms with E-state index in [1.165, 1.54) is 6.07 Å². The van der Waals surface area contributed by atoms with Crippen molar-refractivity contribution in [2.45, 2.75) is 45.8 Å².